The molecule has 0 unspecified atom stereocenters. The molecule has 100 valence electrons. The second-order valence-corrected chi connectivity index (χ2v) is 5.39. The van der Waals surface area contributed by atoms with Gasteiger partial charge in [-0.1, -0.05) is 34.1 Å². The number of ketones is 1. The number of carbonyl (C=O) groups excluding carboxylic acids is 2. The third-order valence-electron chi connectivity index (χ3n) is 3.22. The summed E-state index contributed by atoms with van der Waals surface area (Å²) < 4.78 is 14.5. The third-order valence-corrected chi connectivity index (χ3v) is 3.72. The van der Waals surface area contributed by atoms with Crippen molar-refractivity contribution in [1.82, 2.24) is 0 Å². The van der Waals surface area contributed by atoms with E-state index in [2.05, 4.69) is 15.9 Å². The quantitative estimate of drug-likeness (QED) is 0.790. The summed E-state index contributed by atoms with van der Waals surface area (Å²) in [7, 11) is 0. The fourth-order valence-corrected chi connectivity index (χ4v) is 2.56. The van der Waals surface area contributed by atoms with Gasteiger partial charge < -0.3 is 4.90 Å². The minimum Gasteiger partial charge on any atom is -0.300 e. The molecule has 0 spiro atoms. The Morgan fingerprint density at radius 3 is 2.60 bits per heavy atom. The van der Waals surface area contributed by atoms with Gasteiger partial charge in [-0.3, -0.25) is 9.59 Å². The first-order chi connectivity index (χ1) is 9.58. The molecule has 3 rings (SSSR count). The van der Waals surface area contributed by atoms with Gasteiger partial charge in [0.15, 0.2) is 0 Å². The van der Waals surface area contributed by atoms with Crippen molar-refractivity contribution >= 4 is 33.3 Å². The van der Waals surface area contributed by atoms with E-state index in [0.29, 0.717) is 21.3 Å². The molecular weight excluding hydrogens is 325 g/mol. The first-order valence-electron chi connectivity index (χ1n) is 5.97. The number of hydrogen-bond donors (Lipinski definition) is 0. The van der Waals surface area contributed by atoms with Crippen LogP contribution in [0.2, 0.25) is 0 Å². The summed E-state index contributed by atoms with van der Waals surface area (Å²) in [4.78, 5) is 25.1. The number of Topliss-reactive ketones (excluding diaryl/α,β-unsaturated/α-hetero) is 1. The number of amides is 1. The van der Waals surface area contributed by atoms with Crippen LogP contribution in [0.1, 0.15) is 15.9 Å². The zero-order chi connectivity index (χ0) is 14.3. The number of nitrogens with zero attached hydrogens (tertiary/aromatic N) is 1. The van der Waals surface area contributed by atoms with E-state index >= 15 is 0 Å². The van der Waals surface area contributed by atoms with Crippen LogP contribution in [-0.4, -0.2) is 11.7 Å². The lowest BCUT2D eigenvalue weighted by Gasteiger charge is -2.17. The van der Waals surface area contributed by atoms with Gasteiger partial charge in [-0.15, -0.1) is 0 Å². The van der Waals surface area contributed by atoms with Crippen LogP contribution in [0.3, 0.4) is 0 Å². The van der Waals surface area contributed by atoms with Gasteiger partial charge in [0, 0.05) is 10.0 Å². The first-order valence-corrected chi connectivity index (χ1v) is 6.76. The van der Waals surface area contributed by atoms with Crippen LogP contribution in [0.15, 0.2) is 46.9 Å². The second-order valence-electron chi connectivity index (χ2n) is 4.47. The SMILES string of the molecule is O=C1C(=O)N(Cc2ccc(Br)cc2F)c2ccccc21. The normalized spacial score (nSPS) is 13.8. The molecule has 1 heterocycles. The van der Waals surface area contributed by atoms with Crippen LogP contribution < -0.4 is 4.90 Å². The number of anilines is 1. The zero-order valence-electron chi connectivity index (χ0n) is 10.3. The molecule has 0 saturated carbocycles. The summed E-state index contributed by atoms with van der Waals surface area (Å²) >= 11 is 3.18. The standard InChI is InChI=1S/C15H9BrFNO2/c16-10-6-5-9(12(17)7-10)8-18-13-4-2-1-3-11(13)14(19)15(18)20/h1-7H,8H2. The van der Waals surface area contributed by atoms with E-state index in [-0.39, 0.29) is 6.54 Å². The molecule has 1 aliphatic heterocycles. The van der Waals surface area contributed by atoms with E-state index in [4.69, 9.17) is 0 Å². The Labute approximate surface area is 123 Å². The van der Waals surface area contributed by atoms with Crippen molar-refractivity contribution in [2.75, 3.05) is 4.90 Å². The third kappa shape index (κ3) is 2.04. The molecule has 0 aromatic heterocycles. The summed E-state index contributed by atoms with van der Waals surface area (Å²) in [5.41, 5.74) is 1.27. The maximum absolute atomic E-state index is 13.9. The van der Waals surface area contributed by atoms with Crippen LogP contribution in [0, 0.1) is 5.82 Å². The largest absolute Gasteiger partial charge is 0.300 e. The summed E-state index contributed by atoms with van der Waals surface area (Å²) in [5.74, 6) is -1.57. The highest BCUT2D eigenvalue weighted by molar-refractivity contribution is 9.10. The fourth-order valence-electron chi connectivity index (χ4n) is 2.23. The molecule has 0 saturated heterocycles. The molecule has 5 heteroatoms. The molecule has 0 bridgehead atoms. The lowest BCUT2D eigenvalue weighted by molar-refractivity contribution is -0.114. The minimum atomic E-state index is -0.617. The Balaban J connectivity index is 1.99. The highest BCUT2D eigenvalue weighted by atomic mass is 79.9. The van der Waals surface area contributed by atoms with E-state index in [0.717, 1.165) is 0 Å². The van der Waals surface area contributed by atoms with Crippen LogP contribution in [0.4, 0.5) is 10.1 Å². The Bertz CT molecular complexity index is 730. The van der Waals surface area contributed by atoms with Crippen molar-refractivity contribution < 1.29 is 14.0 Å². The molecule has 20 heavy (non-hydrogen) atoms. The van der Waals surface area contributed by atoms with E-state index in [9.17, 15) is 14.0 Å². The Hall–Kier alpha value is -2.01. The molecule has 0 N–H and O–H groups in total. The van der Waals surface area contributed by atoms with E-state index in [1.165, 1.54) is 11.0 Å². The van der Waals surface area contributed by atoms with Crippen molar-refractivity contribution in [1.29, 1.82) is 0 Å². The molecule has 2 aromatic rings. The number of carbonyl (C=O) groups is 2. The Morgan fingerprint density at radius 1 is 1.10 bits per heavy atom. The highest BCUT2D eigenvalue weighted by Gasteiger charge is 2.35. The van der Waals surface area contributed by atoms with E-state index < -0.39 is 17.5 Å². The minimum absolute atomic E-state index is 0.0424. The molecule has 0 radical (unpaired) electrons. The van der Waals surface area contributed by atoms with Crippen LogP contribution in [0.25, 0.3) is 0 Å². The molecule has 1 amide bonds. The van der Waals surface area contributed by atoms with Crippen molar-refractivity contribution in [3.63, 3.8) is 0 Å². The van der Waals surface area contributed by atoms with Gasteiger partial charge in [0.1, 0.15) is 5.82 Å². The van der Waals surface area contributed by atoms with Gasteiger partial charge >= 0.3 is 0 Å². The number of fused-ring (bicyclic) bond motifs is 1. The first kappa shape index (κ1) is 13.0. The number of rotatable bonds is 2. The van der Waals surface area contributed by atoms with Gasteiger partial charge in [-0.05, 0) is 24.3 Å². The van der Waals surface area contributed by atoms with Gasteiger partial charge in [-0.2, -0.15) is 0 Å². The summed E-state index contributed by atoms with van der Waals surface area (Å²) in [6, 6.07) is 11.4. The molecule has 1 aliphatic rings. The summed E-state index contributed by atoms with van der Waals surface area (Å²) in [5, 5.41) is 0. The second kappa shape index (κ2) is 4.83. The van der Waals surface area contributed by atoms with Crippen LogP contribution >= 0.6 is 15.9 Å². The van der Waals surface area contributed by atoms with Crippen LogP contribution in [-0.2, 0) is 11.3 Å². The number of benzene rings is 2. The lowest BCUT2D eigenvalue weighted by Crippen LogP contribution is -2.29. The molecule has 3 nitrogen and oxygen atoms in total. The average molecular weight is 334 g/mol. The van der Waals surface area contributed by atoms with Crippen molar-refractivity contribution in [3.8, 4) is 0 Å². The molecule has 0 fully saturated rings. The molecular formula is C15H9BrFNO2. The fraction of sp³-hybridized carbons (Fsp3) is 0.0667. The van der Waals surface area contributed by atoms with Gasteiger partial charge in [-0.25, -0.2) is 4.39 Å². The number of para-hydroxylation sites is 1. The number of halogens is 2. The monoisotopic (exact) mass is 333 g/mol. The predicted octanol–water partition coefficient (Wildman–Crippen LogP) is 3.32. The van der Waals surface area contributed by atoms with E-state index in [1.54, 1.807) is 36.4 Å². The average Bonchev–Trinajstić information content (AvgIpc) is 2.67. The highest BCUT2D eigenvalue weighted by Crippen LogP contribution is 2.30. The topological polar surface area (TPSA) is 37.4 Å². The lowest BCUT2D eigenvalue weighted by atomic mass is 10.1. The van der Waals surface area contributed by atoms with Crippen molar-refractivity contribution in [2.45, 2.75) is 6.54 Å². The Kier molecular flexibility index (Phi) is 3.14. The van der Waals surface area contributed by atoms with E-state index in [1.807, 2.05) is 0 Å². The summed E-state index contributed by atoms with van der Waals surface area (Å²) in [6.07, 6.45) is 0. The maximum Gasteiger partial charge on any atom is 0.299 e. The smallest absolute Gasteiger partial charge is 0.299 e. The zero-order valence-corrected chi connectivity index (χ0v) is 11.9. The van der Waals surface area contributed by atoms with Gasteiger partial charge in [0.2, 0.25) is 0 Å². The Morgan fingerprint density at radius 2 is 1.85 bits per heavy atom. The van der Waals surface area contributed by atoms with Gasteiger partial charge in [0.25, 0.3) is 11.7 Å². The van der Waals surface area contributed by atoms with Crippen LogP contribution in [0.5, 0.6) is 0 Å². The summed E-state index contributed by atoms with van der Waals surface area (Å²) in [6.45, 7) is 0.0424. The molecule has 0 aliphatic carbocycles. The molecule has 0 atom stereocenters. The van der Waals surface area contributed by atoms with Crippen molar-refractivity contribution in [3.05, 3.63) is 63.9 Å². The van der Waals surface area contributed by atoms with Crippen molar-refractivity contribution in [2.24, 2.45) is 0 Å². The molecule has 2 aromatic carbocycles. The maximum atomic E-state index is 13.9. The number of hydrogen-bond acceptors (Lipinski definition) is 2. The predicted molar refractivity (Wildman–Crippen MR) is 76.1 cm³/mol. The van der Waals surface area contributed by atoms with Gasteiger partial charge in [0.05, 0.1) is 17.8 Å².